The van der Waals surface area contributed by atoms with E-state index in [-0.39, 0.29) is 0 Å². The summed E-state index contributed by atoms with van der Waals surface area (Å²) in [5, 5.41) is 3.45. The third-order valence-electron chi connectivity index (χ3n) is 3.82. The van der Waals surface area contributed by atoms with E-state index in [2.05, 4.69) is 24.0 Å². The number of nitrogens with one attached hydrogen (secondary N) is 1. The van der Waals surface area contributed by atoms with Crippen LogP contribution >= 0.6 is 0 Å². The maximum absolute atomic E-state index is 5.47. The zero-order valence-electron chi connectivity index (χ0n) is 14.6. The first-order valence-corrected chi connectivity index (χ1v) is 7.90. The highest BCUT2D eigenvalue weighted by Gasteiger charge is 2.11. The number of ether oxygens (including phenoxy) is 3. The highest BCUT2D eigenvalue weighted by Crippen LogP contribution is 2.33. The van der Waals surface area contributed by atoms with Crippen LogP contribution in [0, 0.1) is 0 Å². The van der Waals surface area contributed by atoms with Gasteiger partial charge in [0.05, 0.1) is 21.3 Å². The fourth-order valence-electron chi connectivity index (χ4n) is 2.71. The minimum atomic E-state index is 0.725. The minimum Gasteiger partial charge on any atom is -0.496 e. The summed E-state index contributed by atoms with van der Waals surface area (Å²) in [6.07, 6.45) is 2.60. The van der Waals surface area contributed by atoms with Gasteiger partial charge in [-0.3, -0.25) is 0 Å². The molecule has 0 bridgehead atoms. The summed E-state index contributed by atoms with van der Waals surface area (Å²) in [6.45, 7) is 5.27. The van der Waals surface area contributed by atoms with E-state index < -0.39 is 0 Å². The van der Waals surface area contributed by atoms with Crippen LogP contribution in [-0.4, -0.2) is 21.3 Å². The maximum Gasteiger partial charge on any atom is 0.164 e. The first kappa shape index (κ1) is 17.9. The van der Waals surface area contributed by atoms with E-state index in [1.54, 1.807) is 21.3 Å². The van der Waals surface area contributed by atoms with Crippen LogP contribution in [0.2, 0.25) is 0 Å². The molecule has 0 amide bonds. The molecule has 0 unspecified atom stereocenters. The van der Waals surface area contributed by atoms with Crippen molar-refractivity contribution in [3.8, 4) is 17.2 Å². The Bertz CT molecular complexity index is 683. The SMILES string of the molecule is C=CCc1cc(CNCc2ccccc2OC)cc(OC)c1OC. The van der Waals surface area contributed by atoms with Crippen molar-refractivity contribution in [3.63, 3.8) is 0 Å². The number of methoxy groups -OCH3 is 3. The van der Waals surface area contributed by atoms with Gasteiger partial charge in [-0.1, -0.05) is 30.3 Å². The van der Waals surface area contributed by atoms with Crippen molar-refractivity contribution in [1.29, 1.82) is 0 Å². The average molecular weight is 327 g/mol. The van der Waals surface area contributed by atoms with Gasteiger partial charge in [-0.05, 0) is 24.1 Å². The van der Waals surface area contributed by atoms with Crippen molar-refractivity contribution in [2.75, 3.05) is 21.3 Å². The maximum atomic E-state index is 5.47. The van der Waals surface area contributed by atoms with Gasteiger partial charge >= 0.3 is 0 Å². The number of benzene rings is 2. The normalized spacial score (nSPS) is 10.3. The molecule has 1 N–H and O–H groups in total. The molecule has 128 valence electrons. The van der Waals surface area contributed by atoms with Gasteiger partial charge in [0.15, 0.2) is 11.5 Å². The molecule has 0 heterocycles. The number of hydrogen-bond acceptors (Lipinski definition) is 4. The van der Waals surface area contributed by atoms with Gasteiger partial charge in [0.25, 0.3) is 0 Å². The predicted octanol–water partition coefficient (Wildman–Crippen LogP) is 3.73. The van der Waals surface area contributed by atoms with Crippen LogP contribution in [0.15, 0.2) is 49.1 Å². The zero-order valence-corrected chi connectivity index (χ0v) is 14.6. The lowest BCUT2D eigenvalue weighted by Crippen LogP contribution is -2.14. The van der Waals surface area contributed by atoms with E-state index in [4.69, 9.17) is 14.2 Å². The molecule has 0 atom stereocenters. The smallest absolute Gasteiger partial charge is 0.164 e. The molecule has 0 spiro atoms. The average Bonchev–Trinajstić information content (AvgIpc) is 2.62. The van der Waals surface area contributed by atoms with Crippen molar-refractivity contribution >= 4 is 0 Å². The third-order valence-corrected chi connectivity index (χ3v) is 3.82. The van der Waals surface area contributed by atoms with Gasteiger partial charge in [0.1, 0.15) is 5.75 Å². The molecule has 0 aliphatic rings. The zero-order chi connectivity index (χ0) is 17.4. The van der Waals surface area contributed by atoms with Gasteiger partial charge in [-0.2, -0.15) is 0 Å². The minimum absolute atomic E-state index is 0.725. The molecule has 2 rings (SSSR count). The summed E-state index contributed by atoms with van der Waals surface area (Å²) >= 11 is 0. The van der Waals surface area contributed by atoms with Gasteiger partial charge in [0, 0.05) is 24.2 Å². The molecule has 0 aromatic heterocycles. The molecular weight excluding hydrogens is 302 g/mol. The molecule has 0 fully saturated rings. The molecule has 0 aliphatic heterocycles. The van der Waals surface area contributed by atoms with E-state index in [9.17, 15) is 0 Å². The molecule has 0 saturated carbocycles. The van der Waals surface area contributed by atoms with Gasteiger partial charge in [-0.25, -0.2) is 0 Å². The molecule has 4 nitrogen and oxygen atoms in total. The fraction of sp³-hybridized carbons (Fsp3) is 0.300. The number of allylic oxidation sites excluding steroid dienone is 1. The molecule has 2 aromatic rings. The first-order chi connectivity index (χ1) is 11.7. The van der Waals surface area contributed by atoms with E-state index in [1.807, 2.05) is 30.3 Å². The van der Waals surface area contributed by atoms with E-state index in [0.29, 0.717) is 0 Å². The van der Waals surface area contributed by atoms with Crippen molar-refractivity contribution in [1.82, 2.24) is 5.32 Å². The molecule has 4 heteroatoms. The van der Waals surface area contributed by atoms with Crippen LogP contribution in [0.1, 0.15) is 16.7 Å². The molecule has 24 heavy (non-hydrogen) atoms. The third kappa shape index (κ3) is 4.30. The van der Waals surface area contributed by atoms with Crippen LogP contribution in [0.4, 0.5) is 0 Å². The molecule has 2 aromatic carbocycles. The van der Waals surface area contributed by atoms with Crippen LogP contribution in [0.3, 0.4) is 0 Å². The standard InChI is InChI=1S/C20H25NO3/c1-5-8-16-11-15(12-19(23-3)20(16)24-4)13-21-14-17-9-6-7-10-18(17)22-2/h5-7,9-12,21H,1,8,13-14H2,2-4H3. The van der Waals surface area contributed by atoms with E-state index >= 15 is 0 Å². The van der Waals surface area contributed by atoms with Crippen LogP contribution < -0.4 is 19.5 Å². The lowest BCUT2D eigenvalue weighted by Gasteiger charge is -2.15. The summed E-state index contributed by atoms with van der Waals surface area (Å²) in [5.41, 5.74) is 3.34. The second-order valence-corrected chi connectivity index (χ2v) is 5.40. The summed E-state index contributed by atoms with van der Waals surface area (Å²) in [6, 6.07) is 12.1. The quantitative estimate of drug-likeness (QED) is 0.712. The topological polar surface area (TPSA) is 39.7 Å². The molecule has 0 radical (unpaired) electrons. The Kier molecular flexibility index (Phi) is 6.70. The summed E-state index contributed by atoms with van der Waals surface area (Å²) < 4.78 is 16.3. The molecule has 0 aliphatic carbocycles. The van der Waals surface area contributed by atoms with Crippen molar-refractivity contribution in [2.45, 2.75) is 19.5 Å². The molecular formula is C20H25NO3. The van der Waals surface area contributed by atoms with Crippen molar-refractivity contribution < 1.29 is 14.2 Å². The Balaban J connectivity index is 2.11. The lowest BCUT2D eigenvalue weighted by atomic mass is 10.1. The Morgan fingerprint density at radius 2 is 1.67 bits per heavy atom. The van der Waals surface area contributed by atoms with Crippen LogP contribution in [0.25, 0.3) is 0 Å². The van der Waals surface area contributed by atoms with Gasteiger partial charge < -0.3 is 19.5 Å². The number of hydrogen-bond donors (Lipinski definition) is 1. The fourth-order valence-corrected chi connectivity index (χ4v) is 2.71. The van der Waals surface area contributed by atoms with E-state index in [0.717, 1.165) is 53.4 Å². The summed E-state index contributed by atoms with van der Waals surface area (Å²) in [4.78, 5) is 0. The first-order valence-electron chi connectivity index (χ1n) is 7.90. The Morgan fingerprint density at radius 3 is 2.33 bits per heavy atom. The highest BCUT2D eigenvalue weighted by atomic mass is 16.5. The summed E-state index contributed by atoms with van der Waals surface area (Å²) in [7, 11) is 5.00. The van der Waals surface area contributed by atoms with Crippen LogP contribution in [0.5, 0.6) is 17.2 Å². The number of para-hydroxylation sites is 1. The number of rotatable bonds is 9. The predicted molar refractivity (Wildman–Crippen MR) is 97.0 cm³/mol. The largest absolute Gasteiger partial charge is 0.496 e. The highest BCUT2D eigenvalue weighted by molar-refractivity contribution is 5.50. The Labute approximate surface area is 144 Å². The lowest BCUT2D eigenvalue weighted by molar-refractivity contribution is 0.351. The summed E-state index contributed by atoms with van der Waals surface area (Å²) in [5.74, 6) is 2.40. The van der Waals surface area contributed by atoms with Gasteiger partial charge in [0.2, 0.25) is 0 Å². The van der Waals surface area contributed by atoms with Crippen molar-refractivity contribution in [2.24, 2.45) is 0 Å². The second-order valence-electron chi connectivity index (χ2n) is 5.40. The second kappa shape index (κ2) is 8.99. The molecule has 0 saturated heterocycles. The van der Waals surface area contributed by atoms with Crippen LogP contribution in [-0.2, 0) is 19.5 Å². The van der Waals surface area contributed by atoms with Gasteiger partial charge in [-0.15, -0.1) is 6.58 Å². The Hall–Kier alpha value is -2.46. The Morgan fingerprint density at radius 1 is 0.917 bits per heavy atom. The monoisotopic (exact) mass is 327 g/mol. The van der Waals surface area contributed by atoms with Crippen molar-refractivity contribution in [3.05, 3.63) is 65.7 Å². The van der Waals surface area contributed by atoms with E-state index in [1.165, 1.54) is 0 Å².